The van der Waals surface area contributed by atoms with Crippen molar-refractivity contribution in [2.24, 2.45) is 0 Å². The number of carbonyl (C=O) groups is 2. The van der Waals surface area contributed by atoms with E-state index in [1.54, 1.807) is 39.4 Å². The molecule has 2 aliphatic carbocycles. The molecule has 5 heterocycles. The lowest BCUT2D eigenvalue weighted by Crippen LogP contribution is -2.26. The van der Waals surface area contributed by atoms with Crippen LogP contribution in [0, 0.1) is 5.82 Å². The van der Waals surface area contributed by atoms with Crippen LogP contribution in [-0.4, -0.2) is 107 Å². The molecule has 20 heteroatoms. The lowest BCUT2D eigenvalue weighted by atomic mass is 10.1. The number of hydrogen-bond acceptors (Lipinski definition) is 10. The van der Waals surface area contributed by atoms with Crippen molar-refractivity contribution in [1.29, 1.82) is 0 Å². The first-order valence-electron chi connectivity index (χ1n) is 20.4. The summed E-state index contributed by atoms with van der Waals surface area (Å²) in [6, 6.07) is 11.9. The smallest absolute Gasteiger partial charge is 0.387 e. The van der Waals surface area contributed by atoms with Crippen molar-refractivity contribution in [1.82, 2.24) is 34.3 Å². The number of rotatable bonds is 16. The van der Waals surface area contributed by atoms with Gasteiger partial charge in [-0.3, -0.25) is 23.3 Å². The summed E-state index contributed by atoms with van der Waals surface area (Å²) >= 11 is 0. The number of benzene rings is 2. The predicted molar refractivity (Wildman–Crippen MR) is 220 cm³/mol. The van der Waals surface area contributed by atoms with Gasteiger partial charge >= 0.3 is 13.2 Å². The van der Waals surface area contributed by atoms with E-state index in [1.165, 1.54) is 56.9 Å². The van der Waals surface area contributed by atoms with Crippen LogP contribution in [0.4, 0.5) is 26.3 Å². The van der Waals surface area contributed by atoms with E-state index in [-0.39, 0.29) is 46.2 Å². The Hall–Kier alpha value is -6.70. The van der Waals surface area contributed by atoms with Crippen molar-refractivity contribution in [3.63, 3.8) is 0 Å². The maximum Gasteiger partial charge on any atom is 0.387 e. The van der Waals surface area contributed by atoms with Gasteiger partial charge in [-0.15, -0.1) is 0 Å². The lowest BCUT2D eigenvalue weighted by molar-refractivity contribution is -0.0509. The largest absolute Gasteiger partial charge is 0.496 e. The summed E-state index contributed by atoms with van der Waals surface area (Å²) in [4.78, 5) is 35.9. The Kier molecular flexibility index (Phi) is 13.0. The van der Waals surface area contributed by atoms with Gasteiger partial charge in [0.25, 0.3) is 11.8 Å². The maximum atomic E-state index is 13.4. The van der Waals surface area contributed by atoms with E-state index in [0.29, 0.717) is 65.7 Å². The highest BCUT2D eigenvalue weighted by atomic mass is 19.3. The van der Waals surface area contributed by atoms with Crippen molar-refractivity contribution in [3.05, 3.63) is 90.3 Å². The number of pyridine rings is 2. The molecule has 6 aromatic rings. The van der Waals surface area contributed by atoms with Gasteiger partial charge in [-0.25, -0.2) is 18.7 Å². The van der Waals surface area contributed by atoms with Crippen LogP contribution in [0.1, 0.15) is 52.8 Å². The average molecular weight is 896 g/mol. The van der Waals surface area contributed by atoms with E-state index in [4.69, 9.17) is 18.9 Å². The minimum Gasteiger partial charge on any atom is -0.496 e. The third kappa shape index (κ3) is 10.2. The summed E-state index contributed by atoms with van der Waals surface area (Å²) in [6.45, 7) is -4.01. The second kappa shape index (κ2) is 19.0. The van der Waals surface area contributed by atoms with Gasteiger partial charge in [0.1, 0.15) is 69.8 Å². The van der Waals surface area contributed by atoms with Crippen LogP contribution in [0.15, 0.2) is 73.3 Å². The Labute approximate surface area is 362 Å². The van der Waals surface area contributed by atoms with Crippen LogP contribution in [0.3, 0.4) is 0 Å². The molecule has 1 aliphatic heterocycles. The van der Waals surface area contributed by atoms with Crippen molar-refractivity contribution >= 4 is 23.1 Å². The quantitative estimate of drug-likeness (QED) is 0.0935. The summed E-state index contributed by atoms with van der Waals surface area (Å²) in [5.74, 6) is -1.27. The fraction of sp³-hybridized carbons (Fsp3) is 0.364. The number of ether oxygens (including phenoxy) is 5. The Morgan fingerprint density at radius 1 is 0.719 bits per heavy atom. The van der Waals surface area contributed by atoms with Crippen LogP contribution < -0.4 is 34.3 Å². The zero-order valence-corrected chi connectivity index (χ0v) is 34.5. The number of imidazole rings is 2. The molecule has 1 saturated heterocycles. The molecule has 0 bridgehead atoms. The van der Waals surface area contributed by atoms with Crippen LogP contribution in [0.25, 0.3) is 33.8 Å². The van der Waals surface area contributed by atoms with Gasteiger partial charge in [-0.2, -0.15) is 17.6 Å². The monoisotopic (exact) mass is 895 g/mol. The number of carbonyl (C=O) groups excluding carboxylic acids is 2. The number of aromatic nitrogens is 4. The van der Waals surface area contributed by atoms with Gasteiger partial charge in [-0.1, -0.05) is 0 Å². The Balaban J connectivity index is 0.000000181. The number of halogens is 6. The standard InChI is InChI=1S/C25H27F3N4O4.C19H16F3N3O3/c1-34-20-10-15(11-21(36-25(27)28)23(20)24(33)30-17-2-3-17)19-13-29-22-12-18(5-7-32(19)22)35-9-8-31-6-4-16(26)14-31;1-27-14-6-10(13-9-23-16-8-11(20)4-5-25(13)16)7-15(28-19(21)22)17(14)18(26)24-12-2-3-12/h5,7,10-13,16-17,25H,2-4,6,8-9,14H2,1H3,(H,30,33);4-9,12,19H,2-3H2,1H3,(H,24,26)/t16-;/m0./s1. The van der Waals surface area contributed by atoms with E-state index >= 15 is 0 Å². The number of likely N-dealkylation sites (tertiary alicyclic amines) is 1. The second-order valence-corrected chi connectivity index (χ2v) is 15.3. The number of nitrogens with zero attached hydrogens (tertiary/aromatic N) is 5. The number of nitrogens with one attached hydrogen (secondary N) is 2. The minimum absolute atomic E-state index is 0.0324. The SMILES string of the molecule is COc1cc(-c2cnc3cc(F)ccn23)cc(OC(F)F)c1C(=O)NC1CC1.COc1cc(-c2cnc3cc(OCCN4CC[C@H](F)C4)ccn23)cc(OC(F)F)c1C(=O)NC1CC1. The fourth-order valence-corrected chi connectivity index (χ4v) is 7.31. The Bertz CT molecular complexity index is 2650. The van der Waals surface area contributed by atoms with Crippen LogP contribution in [0.2, 0.25) is 0 Å². The van der Waals surface area contributed by atoms with Gasteiger partial charge < -0.3 is 34.3 Å². The van der Waals surface area contributed by atoms with Crippen LogP contribution in [0.5, 0.6) is 28.7 Å². The van der Waals surface area contributed by atoms with E-state index < -0.39 is 37.0 Å². The van der Waals surface area contributed by atoms with E-state index in [9.17, 15) is 35.9 Å². The number of methoxy groups -OCH3 is 2. The molecule has 0 spiro atoms. The number of fused-ring (bicyclic) bond motifs is 2. The summed E-state index contributed by atoms with van der Waals surface area (Å²) in [5, 5.41) is 5.53. The molecule has 2 N–H and O–H groups in total. The molecule has 4 aromatic heterocycles. The van der Waals surface area contributed by atoms with Crippen molar-refractivity contribution in [2.45, 2.75) is 63.6 Å². The number of alkyl halides is 5. The van der Waals surface area contributed by atoms with E-state index in [0.717, 1.165) is 32.2 Å². The Morgan fingerprint density at radius 3 is 1.69 bits per heavy atom. The maximum absolute atomic E-state index is 13.4. The third-order valence-electron chi connectivity index (χ3n) is 10.7. The summed E-state index contributed by atoms with van der Waals surface area (Å²) in [7, 11) is 2.70. The van der Waals surface area contributed by atoms with E-state index in [1.807, 2.05) is 4.90 Å². The zero-order valence-electron chi connectivity index (χ0n) is 34.5. The minimum atomic E-state index is -3.12. The molecular formula is C44H43F6N7O7. The topological polar surface area (TPSA) is 142 Å². The van der Waals surface area contributed by atoms with Gasteiger partial charge in [0.2, 0.25) is 0 Å². The lowest BCUT2D eigenvalue weighted by Gasteiger charge is -2.16. The average Bonchev–Trinajstić information content (AvgIpc) is 4.13. The summed E-state index contributed by atoms with van der Waals surface area (Å²) in [5.41, 5.74) is 2.76. The van der Waals surface area contributed by atoms with Gasteiger partial charge in [0.05, 0.1) is 38.0 Å². The molecule has 64 heavy (non-hydrogen) atoms. The highest BCUT2D eigenvalue weighted by molar-refractivity contribution is 6.01. The number of hydrogen-bond donors (Lipinski definition) is 2. The third-order valence-corrected chi connectivity index (χ3v) is 10.7. The molecule has 3 fully saturated rings. The van der Waals surface area contributed by atoms with Gasteiger partial charge in [-0.05, 0) is 68.5 Å². The zero-order chi connectivity index (χ0) is 45.1. The molecule has 14 nitrogen and oxygen atoms in total. The van der Waals surface area contributed by atoms with Crippen LogP contribution >= 0.6 is 0 Å². The first-order chi connectivity index (χ1) is 30.9. The fourth-order valence-electron chi connectivity index (χ4n) is 7.31. The van der Waals surface area contributed by atoms with Crippen LogP contribution in [-0.2, 0) is 0 Å². The first-order valence-corrected chi connectivity index (χ1v) is 20.4. The molecule has 338 valence electrons. The second-order valence-electron chi connectivity index (χ2n) is 15.3. The van der Waals surface area contributed by atoms with Crippen molar-refractivity contribution < 1.29 is 59.6 Å². The van der Waals surface area contributed by atoms with Crippen molar-refractivity contribution in [3.8, 4) is 51.3 Å². The summed E-state index contributed by atoms with van der Waals surface area (Å²) < 4.78 is 108. The van der Waals surface area contributed by atoms with E-state index in [2.05, 4.69) is 25.3 Å². The van der Waals surface area contributed by atoms with Gasteiger partial charge in [0.15, 0.2) is 0 Å². The molecule has 1 atom stereocenters. The molecular weight excluding hydrogens is 853 g/mol. The molecule has 3 aliphatic rings. The highest BCUT2D eigenvalue weighted by Crippen LogP contribution is 2.39. The predicted octanol–water partition coefficient (Wildman–Crippen LogP) is 7.57. The highest BCUT2D eigenvalue weighted by Gasteiger charge is 2.31. The first kappa shape index (κ1) is 43.9. The Morgan fingerprint density at radius 2 is 1.22 bits per heavy atom. The van der Waals surface area contributed by atoms with Gasteiger partial charge in [0, 0.05) is 67.4 Å². The molecule has 2 saturated carbocycles. The van der Waals surface area contributed by atoms with Crippen molar-refractivity contribution in [2.75, 3.05) is 40.5 Å². The molecule has 0 radical (unpaired) electrons. The molecule has 9 rings (SSSR count). The molecule has 2 aromatic carbocycles. The molecule has 2 amide bonds. The molecule has 0 unspecified atom stereocenters. The summed E-state index contributed by atoms with van der Waals surface area (Å²) in [6.07, 6.45) is 9.47. The number of amides is 2. The normalized spacial score (nSPS) is 16.2.